The zero-order chi connectivity index (χ0) is 28.9. The Morgan fingerprint density at radius 1 is 1.08 bits per heavy atom. The lowest BCUT2D eigenvalue weighted by atomic mass is 9.41. The number of rotatable bonds is 6. The molecule has 5 aliphatic carbocycles. The average Bonchev–Trinajstić information content (AvgIpc) is 3.48. The second-order valence-corrected chi connectivity index (χ2v) is 16.6. The first-order valence-corrected chi connectivity index (χ1v) is 16.3. The van der Waals surface area contributed by atoms with Gasteiger partial charge in [-0.1, -0.05) is 46.4 Å². The molecular weight excluding hydrogens is 508 g/mol. The van der Waals surface area contributed by atoms with Crippen molar-refractivity contribution in [3.63, 3.8) is 0 Å². The maximum absolute atomic E-state index is 14.6. The smallest absolute Gasteiger partial charge is 0.222 e. The van der Waals surface area contributed by atoms with Crippen molar-refractivity contribution in [1.82, 2.24) is 10.2 Å². The third-order valence-corrected chi connectivity index (χ3v) is 14.7. The maximum Gasteiger partial charge on any atom is 0.222 e. The summed E-state index contributed by atoms with van der Waals surface area (Å²) < 4.78 is 0. The first-order valence-electron chi connectivity index (χ1n) is 15.3. The van der Waals surface area contributed by atoms with Gasteiger partial charge in [-0.25, -0.2) is 0 Å². The van der Waals surface area contributed by atoms with Crippen molar-refractivity contribution in [3.8, 4) is 0 Å². The van der Waals surface area contributed by atoms with E-state index in [2.05, 4.69) is 52.0 Å². The van der Waals surface area contributed by atoms with Crippen LogP contribution in [0.4, 0.5) is 0 Å². The van der Waals surface area contributed by atoms with Crippen molar-refractivity contribution in [1.29, 1.82) is 0 Å². The molecule has 0 aliphatic heterocycles. The Balaban J connectivity index is 1.52. The molecule has 11 atom stereocenters. The van der Waals surface area contributed by atoms with Crippen LogP contribution in [0.1, 0.15) is 93.4 Å². The van der Waals surface area contributed by atoms with E-state index >= 15 is 0 Å². The van der Waals surface area contributed by atoms with Crippen molar-refractivity contribution in [2.24, 2.45) is 50.7 Å². The second-order valence-electron chi connectivity index (χ2n) is 15.5. The Morgan fingerprint density at radius 2 is 1.72 bits per heavy atom. The molecule has 39 heavy (non-hydrogen) atoms. The average molecular weight is 561 g/mol. The minimum atomic E-state index is -0.396. The van der Waals surface area contributed by atoms with E-state index < -0.39 is 6.10 Å². The van der Waals surface area contributed by atoms with E-state index in [1.54, 1.807) is 6.92 Å². The van der Waals surface area contributed by atoms with E-state index in [1.165, 1.54) is 11.8 Å². The van der Waals surface area contributed by atoms with E-state index in [0.717, 1.165) is 38.5 Å². The summed E-state index contributed by atoms with van der Waals surface area (Å²) in [4.78, 5) is 41.8. The highest BCUT2D eigenvalue weighted by molar-refractivity contribution is 8.13. The summed E-state index contributed by atoms with van der Waals surface area (Å²) in [6.07, 6.45) is 5.74. The largest absolute Gasteiger partial charge is 0.393 e. The van der Waals surface area contributed by atoms with E-state index in [-0.39, 0.29) is 67.9 Å². The van der Waals surface area contributed by atoms with Crippen LogP contribution in [0.15, 0.2) is 0 Å². The molecule has 0 aromatic heterocycles. The molecule has 5 fully saturated rings. The topological polar surface area (TPSA) is 86.7 Å². The van der Waals surface area contributed by atoms with Gasteiger partial charge in [-0.15, -0.1) is 0 Å². The van der Waals surface area contributed by atoms with E-state index in [1.807, 2.05) is 13.8 Å². The molecule has 7 heteroatoms. The van der Waals surface area contributed by atoms with Gasteiger partial charge in [-0.05, 0) is 87.6 Å². The van der Waals surface area contributed by atoms with Crippen LogP contribution in [0.2, 0.25) is 0 Å². The van der Waals surface area contributed by atoms with Crippen LogP contribution in [-0.2, 0) is 14.4 Å². The summed E-state index contributed by atoms with van der Waals surface area (Å²) in [5.41, 5.74) is -0.909. The maximum atomic E-state index is 14.6. The number of nitrogens with zero attached hydrogens (tertiary/aromatic N) is 1. The molecule has 0 aromatic rings. The number of carbonyl (C=O) groups excluding carboxylic acids is 3. The number of aliphatic hydroxyl groups excluding tert-OH is 1. The zero-order valence-electron chi connectivity index (χ0n) is 25.7. The normalized spacial score (nSPS) is 49.1. The fourth-order valence-electron chi connectivity index (χ4n) is 11.2. The fraction of sp³-hybridized carbons (Fsp3) is 0.906. The van der Waals surface area contributed by atoms with Crippen LogP contribution in [0.25, 0.3) is 0 Å². The first-order chi connectivity index (χ1) is 18.0. The summed E-state index contributed by atoms with van der Waals surface area (Å²) in [7, 11) is 4.17. The number of nitrogens with one attached hydrogen (secondary N) is 1. The third kappa shape index (κ3) is 3.77. The molecule has 2 spiro atoms. The number of hydrogen-bond donors (Lipinski definition) is 2. The standard InChI is InChI=1S/C32H52N2O4S/c1-18(2)27(38)33-24-12-13-31-16-32(31)23(11-10-22(31)28(24,5)17-39-20(4)35)29(6)14-21(36)26(19(3)34(8)9)30(29,7)15-25(32)37/h18-19,21-24,26,36H,10-17H2,1-9H3,(H,33,38)/t19-,21+,22?,23?,24?,26?,28-,29-,30?,31?,32?/m0/s1. The van der Waals surface area contributed by atoms with Crippen LogP contribution < -0.4 is 5.32 Å². The van der Waals surface area contributed by atoms with Crippen LogP contribution in [0.5, 0.6) is 0 Å². The Hall–Kier alpha value is -0.920. The third-order valence-electron chi connectivity index (χ3n) is 13.5. The molecule has 7 unspecified atom stereocenters. The summed E-state index contributed by atoms with van der Waals surface area (Å²) >= 11 is 1.38. The van der Waals surface area contributed by atoms with Gasteiger partial charge in [0.15, 0.2) is 5.12 Å². The lowest BCUT2D eigenvalue weighted by molar-refractivity contribution is -0.170. The molecule has 5 saturated carbocycles. The molecule has 0 aromatic carbocycles. The second kappa shape index (κ2) is 9.29. The molecule has 0 radical (unpaired) electrons. The van der Waals surface area contributed by atoms with Gasteiger partial charge < -0.3 is 15.3 Å². The predicted octanol–water partition coefficient (Wildman–Crippen LogP) is 4.93. The molecule has 6 nitrogen and oxygen atoms in total. The van der Waals surface area contributed by atoms with Crippen molar-refractivity contribution in [2.45, 2.75) is 112 Å². The number of ketones is 1. The summed E-state index contributed by atoms with van der Waals surface area (Å²) in [6, 6.07) is 0.215. The lowest BCUT2D eigenvalue weighted by Crippen LogP contribution is -2.64. The van der Waals surface area contributed by atoms with Crippen LogP contribution in [0, 0.1) is 50.7 Å². The number of Topliss-reactive ketones (excluding diaryl/α,β-unsaturated/α-hetero) is 1. The highest BCUT2D eigenvalue weighted by Gasteiger charge is 2.86. The summed E-state index contributed by atoms with van der Waals surface area (Å²) in [5, 5.41) is 15.0. The van der Waals surface area contributed by atoms with Gasteiger partial charge in [-0.3, -0.25) is 14.4 Å². The molecule has 1 amide bonds. The Kier molecular flexibility index (Phi) is 7.04. The highest BCUT2D eigenvalue weighted by atomic mass is 32.2. The first kappa shape index (κ1) is 29.6. The van der Waals surface area contributed by atoms with Gasteiger partial charge in [0, 0.05) is 53.8 Å². The van der Waals surface area contributed by atoms with E-state index in [4.69, 9.17) is 0 Å². The molecule has 0 bridgehead atoms. The van der Waals surface area contributed by atoms with Gasteiger partial charge in [0.1, 0.15) is 5.78 Å². The summed E-state index contributed by atoms with van der Waals surface area (Å²) in [6.45, 7) is 14.7. The number of thioether (sulfide) groups is 1. The molecule has 0 saturated heterocycles. The predicted molar refractivity (Wildman–Crippen MR) is 156 cm³/mol. The van der Waals surface area contributed by atoms with Gasteiger partial charge in [-0.2, -0.15) is 0 Å². The van der Waals surface area contributed by atoms with Gasteiger partial charge >= 0.3 is 0 Å². The van der Waals surface area contributed by atoms with Crippen LogP contribution >= 0.6 is 11.8 Å². The van der Waals surface area contributed by atoms with Crippen molar-refractivity contribution < 1.29 is 19.5 Å². The van der Waals surface area contributed by atoms with Crippen LogP contribution in [-0.4, -0.2) is 64.8 Å². The number of aliphatic hydroxyl groups is 1. The molecule has 0 heterocycles. The SMILES string of the molecule is CC(=O)SC[C@]1(C)C(NC(=O)C(C)C)CCC23CC24C(=O)CC2(C)C([C@H](C)N(C)C)[C@H](O)C[C@@]2(C)C4CCC31. The summed E-state index contributed by atoms with van der Waals surface area (Å²) in [5.74, 6) is 1.78. The molecule has 5 rings (SSSR count). The monoisotopic (exact) mass is 560 g/mol. The number of fused-ring (bicyclic) bond motifs is 2. The molecule has 2 N–H and O–H groups in total. The fourth-order valence-corrected chi connectivity index (χ4v) is 12.1. The zero-order valence-corrected chi connectivity index (χ0v) is 26.5. The highest BCUT2D eigenvalue weighted by Crippen LogP contribution is 2.88. The number of carbonyl (C=O) groups is 3. The van der Waals surface area contributed by atoms with E-state index in [0.29, 0.717) is 23.9 Å². The number of hydrogen-bond acceptors (Lipinski definition) is 6. The van der Waals surface area contributed by atoms with Crippen molar-refractivity contribution in [2.75, 3.05) is 19.8 Å². The van der Waals surface area contributed by atoms with Crippen molar-refractivity contribution >= 4 is 28.6 Å². The van der Waals surface area contributed by atoms with Gasteiger partial charge in [0.25, 0.3) is 0 Å². The Morgan fingerprint density at radius 3 is 2.31 bits per heavy atom. The van der Waals surface area contributed by atoms with E-state index in [9.17, 15) is 19.5 Å². The minimum absolute atomic E-state index is 0.0160. The van der Waals surface area contributed by atoms with Crippen LogP contribution in [0.3, 0.4) is 0 Å². The Bertz CT molecular complexity index is 1060. The molecule has 220 valence electrons. The number of amides is 1. The Labute approximate surface area is 240 Å². The van der Waals surface area contributed by atoms with Gasteiger partial charge in [0.05, 0.1) is 6.10 Å². The molecule has 5 aliphatic rings. The molecular formula is C32H52N2O4S. The minimum Gasteiger partial charge on any atom is -0.393 e. The van der Waals surface area contributed by atoms with Gasteiger partial charge in [0.2, 0.25) is 5.91 Å². The van der Waals surface area contributed by atoms with Crippen molar-refractivity contribution in [3.05, 3.63) is 0 Å². The quantitative estimate of drug-likeness (QED) is 0.479. The lowest BCUT2D eigenvalue weighted by Gasteiger charge is -2.63.